The number of rotatable bonds is 8. The van der Waals surface area contributed by atoms with Gasteiger partial charge in [0.1, 0.15) is 5.75 Å². The van der Waals surface area contributed by atoms with E-state index < -0.39 is 12.1 Å². The number of aryl methyl sites for hydroxylation is 1. The number of carbonyl (C=O) groups is 1. The summed E-state index contributed by atoms with van der Waals surface area (Å²) < 4.78 is 10.8. The SMILES string of the molecule is CCc1ccccc1Nc1nc(N)nc(COC(=O)[C@@H](C)Oc2ccccc2)n1. The fourth-order valence-electron chi connectivity index (χ4n) is 2.63. The minimum atomic E-state index is -0.773. The average Bonchev–Trinajstić information content (AvgIpc) is 2.72. The van der Waals surface area contributed by atoms with Gasteiger partial charge in [-0.1, -0.05) is 43.3 Å². The van der Waals surface area contributed by atoms with Crippen LogP contribution in [0.25, 0.3) is 0 Å². The third kappa shape index (κ3) is 5.65. The van der Waals surface area contributed by atoms with E-state index in [4.69, 9.17) is 15.2 Å². The largest absolute Gasteiger partial charge is 0.479 e. The Balaban J connectivity index is 1.63. The molecular weight excluding hydrogens is 370 g/mol. The standard InChI is InChI=1S/C21H23N5O3/c1-3-15-9-7-8-12-17(15)23-21-25-18(24-20(22)26-21)13-28-19(27)14(2)29-16-10-5-4-6-11-16/h4-12,14H,3,13H2,1-2H3,(H3,22,23,24,25,26)/t14-/m1/s1. The number of esters is 1. The van der Waals surface area contributed by atoms with Crippen LogP contribution < -0.4 is 15.8 Å². The number of nitrogens with zero attached hydrogens (tertiary/aromatic N) is 3. The molecule has 0 saturated carbocycles. The van der Waals surface area contributed by atoms with Gasteiger partial charge in [-0.2, -0.15) is 15.0 Å². The Labute approximate surface area is 169 Å². The van der Waals surface area contributed by atoms with Crippen LogP contribution in [0.1, 0.15) is 25.2 Å². The Bertz CT molecular complexity index is 966. The van der Waals surface area contributed by atoms with Gasteiger partial charge in [0, 0.05) is 5.69 Å². The van der Waals surface area contributed by atoms with Gasteiger partial charge in [-0.3, -0.25) is 0 Å². The number of nitrogens with one attached hydrogen (secondary N) is 1. The molecule has 8 heteroatoms. The topological polar surface area (TPSA) is 112 Å². The van der Waals surface area contributed by atoms with Gasteiger partial charge in [-0.05, 0) is 37.1 Å². The highest BCUT2D eigenvalue weighted by Gasteiger charge is 2.17. The summed E-state index contributed by atoms with van der Waals surface area (Å²) in [5, 5.41) is 3.14. The summed E-state index contributed by atoms with van der Waals surface area (Å²) in [6.45, 7) is 3.54. The van der Waals surface area contributed by atoms with E-state index in [2.05, 4.69) is 27.2 Å². The molecule has 0 aliphatic rings. The molecule has 0 spiro atoms. The summed E-state index contributed by atoms with van der Waals surface area (Å²) in [5.74, 6) is 0.629. The first-order chi connectivity index (χ1) is 14.0. The normalized spacial score (nSPS) is 11.5. The Kier molecular flexibility index (Phi) is 6.57. The molecule has 29 heavy (non-hydrogen) atoms. The molecule has 0 aliphatic carbocycles. The lowest BCUT2D eigenvalue weighted by Gasteiger charge is -2.14. The van der Waals surface area contributed by atoms with Crippen molar-refractivity contribution in [3.05, 3.63) is 66.0 Å². The second kappa shape index (κ2) is 9.50. The van der Waals surface area contributed by atoms with Crippen LogP contribution in [0.3, 0.4) is 0 Å². The van der Waals surface area contributed by atoms with Gasteiger partial charge >= 0.3 is 5.97 Å². The zero-order valence-electron chi connectivity index (χ0n) is 16.3. The fraction of sp³-hybridized carbons (Fsp3) is 0.238. The summed E-state index contributed by atoms with van der Waals surface area (Å²) in [4.78, 5) is 24.6. The number of aromatic nitrogens is 3. The molecule has 3 N–H and O–H groups in total. The first-order valence-electron chi connectivity index (χ1n) is 9.29. The number of para-hydroxylation sites is 2. The summed E-state index contributed by atoms with van der Waals surface area (Å²) in [7, 11) is 0. The first-order valence-corrected chi connectivity index (χ1v) is 9.29. The number of nitrogens with two attached hydrogens (primary N) is 1. The number of carbonyl (C=O) groups excluding carboxylic acids is 1. The molecule has 0 amide bonds. The molecule has 3 rings (SSSR count). The fourth-order valence-corrected chi connectivity index (χ4v) is 2.63. The molecule has 0 radical (unpaired) electrons. The van der Waals surface area contributed by atoms with Crippen molar-refractivity contribution in [2.24, 2.45) is 0 Å². The quantitative estimate of drug-likeness (QED) is 0.561. The molecular formula is C21H23N5O3. The van der Waals surface area contributed by atoms with Gasteiger partial charge in [-0.15, -0.1) is 0 Å². The second-order valence-electron chi connectivity index (χ2n) is 6.25. The van der Waals surface area contributed by atoms with Crippen molar-refractivity contribution in [1.29, 1.82) is 0 Å². The minimum Gasteiger partial charge on any atom is -0.479 e. The van der Waals surface area contributed by atoms with Crippen LogP contribution in [0, 0.1) is 0 Å². The first kappa shape index (κ1) is 20.1. The molecule has 1 heterocycles. The Hall–Kier alpha value is -3.68. The predicted molar refractivity (Wildman–Crippen MR) is 110 cm³/mol. The van der Waals surface area contributed by atoms with Crippen LogP contribution in [-0.2, 0) is 22.6 Å². The van der Waals surface area contributed by atoms with E-state index in [9.17, 15) is 4.79 Å². The van der Waals surface area contributed by atoms with Gasteiger partial charge in [-0.25, -0.2) is 4.79 Å². The Morgan fingerprint density at radius 3 is 2.55 bits per heavy atom. The molecule has 0 fully saturated rings. The third-order valence-corrected chi connectivity index (χ3v) is 4.08. The summed E-state index contributed by atoms with van der Waals surface area (Å²) in [5.41, 5.74) is 7.78. The molecule has 3 aromatic rings. The highest BCUT2D eigenvalue weighted by Crippen LogP contribution is 2.19. The maximum Gasteiger partial charge on any atom is 0.347 e. The lowest BCUT2D eigenvalue weighted by atomic mass is 10.1. The lowest BCUT2D eigenvalue weighted by molar-refractivity contribution is -0.152. The molecule has 0 aliphatic heterocycles. The van der Waals surface area contributed by atoms with Crippen molar-refractivity contribution in [2.45, 2.75) is 33.0 Å². The molecule has 150 valence electrons. The van der Waals surface area contributed by atoms with Crippen molar-refractivity contribution >= 4 is 23.6 Å². The van der Waals surface area contributed by atoms with Crippen molar-refractivity contribution in [3.63, 3.8) is 0 Å². The van der Waals surface area contributed by atoms with E-state index in [0.717, 1.165) is 17.7 Å². The van der Waals surface area contributed by atoms with Crippen molar-refractivity contribution in [1.82, 2.24) is 15.0 Å². The van der Waals surface area contributed by atoms with E-state index in [1.165, 1.54) is 0 Å². The highest BCUT2D eigenvalue weighted by atomic mass is 16.6. The molecule has 0 unspecified atom stereocenters. The van der Waals surface area contributed by atoms with Gasteiger partial charge in [0.2, 0.25) is 11.9 Å². The monoisotopic (exact) mass is 393 g/mol. The summed E-state index contributed by atoms with van der Waals surface area (Å²) >= 11 is 0. The molecule has 0 saturated heterocycles. The van der Waals surface area contributed by atoms with Crippen molar-refractivity contribution in [3.8, 4) is 5.75 Å². The molecule has 1 atom stereocenters. The van der Waals surface area contributed by atoms with Crippen LogP contribution in [0.15, 0.2) is 54.6 Å². The molecule has 0 bridgehead atoms. The lowest BCUT2D eigenvalue weighted by Crippen LogP contribution is -2.26. The number of hydrogen-bond donors (Lipinski definition) is 2. The van der Waals surface area contributed by atoms with Crippen LogP contribution in [0.5, 0.6) is 5.75 Å². The van der Waals surface area contributed by atoms with Gasteiger partial charge < -0.3 is 20.5 Å². The molecule has 8 nitrogen and oxygen atoms in total. The van der Waals surface area contributed by atoms with E-state index in [0.29, 0.717) is 5.75 Å². The molecule has 2 aromatic carbocycles. The zero-order chi connectivity index (χ0) is 20.6. The van der Waals surface area contributed by atoms with Gasteiger partial charge in [0.05, 0.1) is 0 Å². The van der Waals surface area contributed by atoms with Gasteiger partial charge in [0.25, 0.3) is 0 Å². The number of nitrogen functional groups attached to an aromatic ring is 1. The summed E-state index contributed by atoms with van der Waals surface area (Å²) in [6.07, 6.45) is 0.0821. The summed E-state index contributed by atoms with van der Waals surface area (Å²) in [6, 6.07) is 16.9. The Morgan fingerprint density at radius 2 is 1.79 bits per heavy atom. The zero-order valence-corrected chi connectivity index (χ0v) is 16.3. The maximum atomic E-state index is 12.2. The maximum absolute atomic E-state index is 12.2. The average molecular weight is 393 g/mol. The number of anilines is 3. The minimum absolute atomic E-state index is 0.0381. The Morgan fingerprint density at radius 1 is 1.07 bits per heavy atom. The van der Waals surface area contributed by atoms with Crippen LogP contribution in [0.2, 0.25) is 0 Å². The van der Waals surface area contributed by atoms with Crippen molar-refractivity contribution < 1.29 is 14.3 Å². The highest BCUT2D eigenvalue weighted by molar-refractivity contribution is 5.74. The smallest absolute Gasteiger partial charge is 0.347 e. The van der Waals surface area contributed by atoms with Crippen LogP contribution in [-0.4, -0.2) is 27.0 Å². The van der Waals surface area contributed by atoms with Crippen LogP contribution >= 0.6 is 0 Å². The number of ether oxygens (including phenoxy) is 2. The number of benzene rings is 2. The van der Waals surface area contributed by atoms with Crippen molar-refractivity contribution in [2.75, 3.05) is 11.1 Å². The second-order valence-corrected chi connectivity index (χ2v) is 6.25. The number of hydrogen-bond acceptors (Lipinski definition) is 8. The predicted octanol–water partition coefficient (Wildman–Crippen LogP) is 3.27. The molecule has 1 aromatic heterocycles. The van der Waals surface area contributed by atoms with Crippen LogP contribution in [0.4, 0.5) is 17.6 Å². The third-order valence-electron chi connectivity index (χ3n) is 4.08. The van der Waals surface area contributed by atoms with E-state index in [1.807, 2.05) is 42.5 Å². The van der Waals surface area contributed by atoms with E-state index >= 15 is 0 Å². The van der Waals surface area contributed by atoms with E-state index in [-0.39, 0.29) is 24.3 Å². The van der Waals surface area contributed by atoms with E-state index in [1.54, 1.807) is 19.1 Å². The van der Waals surface area contributed by atoms with Gasteiger partial charge in [0.15, 0.2) is 18.5 Å².